The van der Waals surface area contributed by atoms with E-state index in [9.17, 15) is 0 Å². The zero-order chi connectivity index (χ0) is 21.0. The van der Waals surface area contributed by atoms with Gasteiger partial charge in [-0.15, -0.1) is 11.8 Å². The molecule has 1 N–H and O–H groups in total. The Balaban J connectivity index is 1.74. The molecule has 0 atom stereocenters. The first kappa shape index (κ1) is 26.5. The van der Waals surface area contributed by atoms with Crippen molar-refractivity contribution in [3.63, 3.8) is 0 Å². The SMILES string of the molecule is C=C1CNC(SCCCCCCCCCCCCCCCCCCCC)=C1OC. The van der Waals surface area contributed by atoms with Crippen molar-refractivity contribution in [1.82, 2.24) is 5.32 Å². The predicted molar refractivity (Wildman–Crippen MR) is 132 cm³/mol. The molecule has 0 amide bonds. The average molecular weight is 424 g/mol. The van der Waals surface area contributed by atoms with Crippen molar-refractivity contribution < 1.29 is 4.74 Å². The van der Waals surface area contributed by atoms with E-state index in [1.807, 2.05) is 11.8 Å². The summed E-state index contributed by atoms with van der Waals surface area (Å²) in [5, 5.41) is 4.57. The fourth-order valence-corrected chi connectivity index (χ4v) is 5.13. The van der Waals surface area contributed by atoms with Crippen LogP contribution in [0.3, 0.4) is 0 Å². The van der Waals surface area contributed by atoms with E-state index >= 15 is 0 Å². The molecule has 0 fully saturated rings. The van der Waals surface area contributed by atoms with Crippen molar-refractivity contribution in [3.8, 4) is 0 Å². The summed E-state index contributed by atoms with van der Waals surface area (Å²) >= 11 is 1.89. The topological polar surface area (TPSA) is 21.3 Å². The average Bonchev–Trinajstić information content (AvgIpc) is 3.09. The second-order valence-electron chi connectivity index (χ2n) is 8.68. The smallest absolute Gasteiger partial charge is 0.152 e. The van der Waals surface area contributed by atoms with Crippen LogP contribution in [0, 0.1) is 0 Å². The summed E-state index contributed by atoms with van der Waals surface area (Å²) in [6.45, 7) is 7.16. The molecule has 0 aromatic heterocycles. The van der Waals surface area contributed by atoms with Gasteiger partial charge in [0.15, 0.2) is 5.76 Å². The number of hydrogen-bond acceptors (Lipinski definition) is 3. The zero-order valence-corrected chi connectivity index (χ0v) is 20.5. The van der Waals surface area contributed by atoms with Gasteiger partial charge in [0.1, 0.15) is 5.03 Å². The van der Waals surface area contributed by atoms with Gasteiger partial charge in [-0.2, -0.15) is 0 Å². The molecule has 0 bridgehead atoms. The lowest BCUT2D eigenvalue weighted by Gasteiger charge is -2.06. The molecule has 0 radical (unpaired) electrons. The van der Waals surface area contributed by atoms with Crippen LogP contribution in [0.4, 0.5) is 0 Å². The van der Waals surface area contributed by atoms with Crippen LogP contribution in [-0.4, -0.2) is 19.4 Å². The number of hydrogen-bond donors (Lipinski definition) is 1. The first-order valence-electron chi connectivity index (χ1n) is 12.6. The van der Waals surface area contributed by atoms with Gasteiger partial charge in [-0.25, -0.2) is 0 Å². The van der Waals surface area contributed by atoms with Crippen LogP contribution in [0.1, 0.15) is 122 Å². The van der Waals surface area contributed by atoms with Crippen LogP contribution in [0.15, 0.2) is 22.9 Å². The molecule has 1 aliphatic rings. The minimum Gasteiger partial charge on any atom is -0.494 e. The molecule has 0 aliphatic carbocycles. The predicted octanol–water partition coefficient (Wildman–Crippen LogP) is 8.74. The number of ether oxygens (including phenoxy) is 1. The first-order valence-corrected chi connectivity index (χ1v) is 13.6. The molecular formula is C26H49NOS. The normalized spacial score (nSPS) is 13.9. The third-order valence-electron chi connectivity index (χ3n) is 5.94. The Labute approximate surface area is 186 Å². The summed E-state index contributed by atoms with van der Waals surface area (Å²) < 4.78 is 5.42. The maximum absolute atomic E-state index is 5.42. The molecule has 0 aromatic carbocycles. The van der Waals surface area contributed by atoms with E-state index in [0.29, 0.717) is 0 Å². The summed E-state index contributed by atoms with van der Waals surface area (Å²) in [6, 6.07) is 0. The molecule has 0 aromatic rings. The van der Waals surface area contributed by atoms with E-state index in [-0.39, 0.29) is 0 Å². The highest BCUT2D eigenvalue weighted by Crippen LogP contribution is 2.28. The number of thioether (sulfide) groups is 1. The number of rotatable bonds is 21. The highest BCUT2D eigenvalue weighted by atomic mass is 32.2. The van der Waals surface area contributed by atoms with Gasteiger partial charge in [-0.3, -0.25) is 0 Å². The molecule has 0 spiro atoms. The minimum atomic E-state index is 0.838. The zero-order valence-electron chi connectivity index (χ0n) is 19.7. The van der Waals surface area contributed by atoms with Gasteiger partial charge in [-0.05, 0) is 12.2 Å². The van der Waals surface area contributed by atoms with Crippen LogP contribution in [0.25, 0.3) is 0 Å². The molecule has 170 valence electrons. The van der Waals surface area contributed by atoms with Gasteiger partial charge in [0, 0.05) is 12.1 Å². The van der Waals surface area contributed by atoms with Crippen molar-refractivity contribution in [2.45, 2.75) is 122 Å². The Morgan fingerprint density at radius 3 is 1.55 bits per heavy atom. The lowest BCUT2D eigenvalue weighted by Crippen LogP contribution is -2.05. The minimum absolute atomic E-state index is 0.838. The summed E-state index contributed by atoms with van der Waals surface area (Å²) in [5.74, 6) is 2.15. The fraction of sp³-hybridized carbons (Fsp3) is 0.846. The van der Waals surface area contributed by atoms with Crippen LogP contribution in [-0.2, 0) is 4.74 Å². The van der Waals surface area contributed by atoms with E-state index in [4.69, 9.17) is 4.74 Å². The Hall–Kier alpha value is -0.570. The van der Waals surface area contributed by atoms with Crippen LogP contribution in [0.5, 0.6) is 0 Å². The number of unbranched alkanes of at least 4 members (excludes halogenated alkanes) is 17. The van der Waals surface area contributed by atoms with Gasteiger partial charge in [0.2, 0.25) is 0 Å². The largest absolute Gasteiger partial charge is 0.494 e. The Morgan fingerprint density at radius 2 is 1.14 bits per heavy atom. The standard InChI is InChI=1S/C26H49NOS/c1-4-5-6-7-8-9-10-11-12-13-14-15-16-17-18-19-20-21-22-29-26-25(28-3)24(2)23-27-26/h27H,2,4-23H2,1,3H3. The van der Waals surface area contributed by atoms with Gasteiger partial charge in [0.25, 0.3) is 0 Å². The van der Waals surface area contributed by atoms with Crippen molar-refractivity contribution >= 4 is 11.8 Å². The highest BCUT2D eigenvalue weighted by molar-refractivity contribution is 8.03. The monoisotopic (exact) mass is 423 g/mol. The maximum Gasteiger partial charge on any atom is 0.152 e. The molecule has 0 saturated heterocycles. The van der Waals surface area contributed by atoms with E-state index in [0.717, 1.165) is 17.9 Å². The summed E-state index contributed by atoms with van der Waals surface area (Å²) in [6.07, 6.45) is 25.8. The van der Waals surface area contributed by atoms with Gasteiger partial charge < -0.3 is 10.1 Å². The van der Waals surface area contributed by atoms with E-state index in [1.54, 1.807) is 7.11 Å². The van der Waals surface area contributed by atoms with Crippen molar-refractivity contribution in [3.05, 3.63) is 22.9 Å². The molecule has 1 rings (SSSR count). The molecule has 1 aliphatic heterocycles. The van der Waals surface area contributed by atoms with E-state index < -0.39 is 0 Å². The van der Waals surface area contributed by atoms with Crippen molar-refractivity contribution in [2.75, 3.05) is 19.4 Å². The molecule has 1 heterocycles. The van der Waals surface area contributed by atoms with Crippen LogP contribution >= 0.6 is 11.8 Å². The van der Waals surface area contributed by atoms with Gasteiger partial charge in [0.05, 0.1) is 7.11 Å². The first-order chi connectivity index (χ1) is 14.3. The van der Waals surface area contributed by atoms with Crippen LogP contribution in [0.2, 0.25) is 0 Å². The van der Waals surface area contributed by atoms with Crippen molar-refractivity contribution in [2.24, 2.45) is 0 Å². The summed E-state index contributed by atoms with van der Waals surface area (Å²) in [7, 11) is 1.74. The lowest BCUT2D eigenvalue weighted by molar-refractivity contribution is 0.302. The fourth-order valence-electron chi connectivity index (χ4n) is 4.04. The second-order valence-corrected chi connectivity index (χ2v) is 9.78. The molecule has 0 unspecified atom stereocenters. The Bertz CT molecular complexity index is 432. The third kappa shape index (κ3) is 14.1. The van der Waals surface area contributed by atoms with Gasteiger partial charge >= 0.3 is 0 Å². The van der Waals surface area contributed by atoms with Gasteiger partial charge in [-0.1, -0.05) is 123 Å². The van der Waals surface area contributed by atoms with E-state index in [1.165, 1.54) is 126 Å². The molecule has 3 heteroatoms. The lowest BCUT2D eigenvalue weighted by atomic mass is 10.0. The van der Waals surface area contributed by atoms with E-state index in [2.05, 4.69) is 18.8 Å². The highest BCUT2D eigenvalue weighted by Gasteiger charge is 2.18. The molecule has 2 nitrogen and oxygen atoms in total. The molecular weight excluding hydrogens is 374 g/mol. The Morgan fingerprint density at radius 1 is 0.724 bits per heavy atom. The summed E-state index contributed by atoms with van der Waals surface area (Å²) in [5.41, 5.74) is 1.08. The van der Waals surface area contributed by atoms with Crippen molar-refractivity contribution in [1.29, 1.82) is 0 Å². The quantitative estimate of drug-likeness (QED) is 0.186. The number of nitrogens with one attached hydrogen (secondary N) is 1. The number of methoxy groups -OCH3 is 1. The molecule has 0 saturated carbocycles. The summed E-state index contributed by atoms with van der Waals surface area (Å²) in [4.78, 5) is 0. The molecule has 29 heavy (non-hydrogen) atoms. The Kier molecular flexibility index (Phi) is 17.7. The third-order valence-corrected chi connectivity index (χ3v) is 7.05. The maximum atomic E-state index is 5.42. The van der Waals surface area contributed by atoms with Crippen LogP contribution < -0.4 is 5.32 Å². The second kappa shape index (κ2) is 19.4.